The lowest BCUT2D eigenvalue weighted by Gasteiger charge is -2.55. The summed E-state index contributed by atoms with van der Waals surface area (Å²) in [6.07, 6.45) is 3.45. The number of aliphatic hydroxyl groups is 1. The van der Waals surface area contributed by atoms with Gasteiger partial charge in [0.25, 0.3) is 0 Å². The van der Waals surface area contributed by atoms with Crippen LogP contribution in [0.1, 0.15) is 39.7 Å². The Labute approximate surface area is 209 Å². The number of anilines is 4. The van der Waals surface area contributed by atoms with Crippen LogP contribution in [-0.2, 0) is 4.74 Å². The van der Waals surface area contributed by atoms with Gasteiger partial charge in [-0.2, -0.15) is 10.1 Å². The standard InChI is InChI=1S/C25H33FN8O2/c1-4-16(2)34-18-9-21(28-10-17(18)22(31-34)33-12-25(13-33)14-36-15-25)29-20-5-7-27-23(30-20)32-8-6-24(3,35)19(26)11-32/h5,7,9-10,16,19,35H,4,6,8,11-15H2,1-3H3,(H,27,28,29,30)/t16-,19+,24-/m1/s1. The number of ether oxygens (including phenoxy) is 1. The van der Waals surface area contributed by atoms with Crippen LogP contribution in [0.5, 0.6) is 0 Å². The molecule has 11 heteroatoms. The molecule has 0 aromatic carbocycles. The molecule has 3 aromatic rings. The van der Waals surface area contributed by atoms with E-state index in [9.17, 15) is 9.50 Å². The van der Waals surface area contributed by atoms with Crippen LogP contribution < -0.4 is 15.1 Å². The number of fused-ring (bicyclic) bond motifs is 1. The van der Waals surface area contributed by atoms with E-state index in [-0.39, 0.29) is 12.6 Å². The Kier molecular flexibility index (Phi) is 5.52. The molecule has 0 amide bonds. The lowest BCUT2D eigenvalue weighted by Crippen LogP contribution is -2.66. The zero-order chi connectivity index (χ0) is 25.1. The first-order valence-electron chi connectivity index (χ1n) is 12.7. The molecule has 3 atom stereocenters. The molecule has 2 N–H and O–H groups in total. The van der Waals surface area contributed by atoms with Crippen LogP contribution in [0.4, 0.5) is 27.8 Å². The van der Waals surface area contributed by atoms with Gasteiger partial charge in [-0.15, -0.1) is 0 Å². The van der Waals surface area contributed by atoms with Gasteiger partial charge in [0.2, 0.25) is 5.95 Å². The average Bonchev–Trinajstić information content (AvgIpc) is 3.17. The van der Waals surface area contributed by atoms with Gasteiger partial charge in [0.05, 0.1) is 41.7 Å². The van der Waals surface area contributed by atoms with Gasteiger partial charge in [0, 0.05) is 44.1 Å². The first-order chi connectivity index (χ1) is 17.3. The molecule has 36 heavy (non-hydrogen) atoms. The predicted octanol–water partition coefficient (Wildman–Crippen LogP) is 3.07. The topological polar surface area (TPSA) is 104 Å². The number of halogens is 1. The van der Waals surface area contributed by atoms with E-state index in [1.165, 1.54) is 6.92 Å². The van der Waals surface area contributed by atoms with Crippen molar-refractivity contribution in [2.45, 2.75) is 51.4 Å². The Balaban J connectivity index is 1.25. The number of alkyl halides is 1. The van der Waals surface area contributed by atoms with Crippen LogP contribution in [-0.4, -0.2) is 81.0 Å². The first-order valence-corrected chi connectivity index (χ1v) is 12.7. The number of piperidine rings is 1. The molecular weight excluding hydrogens is 463 g/mol. The predicted molar refractivity (Wildman–Crippen MR) is 136 cm³/mol. The minimum absolute atomic E-state index is 0.0570. The summed E-state index contributed by atoms with van der Waals surface area (Å²) in [6.45, 7) is 10.0. The molecule has 10 nitrogen and oxygen atoms in total. The largest absolute Gasteiger partial charge is 0.387 e. The summed E-state index contributed by atoms with van der Waals surface area (Å²) in [6, 6.07) is 4.02. The third-order valence-electron chi connectivity index (χ3n) is 7.87. The van der Waals surface area contributed by atoms with Gasteiger partial charge in [-0.25, -0.2) is 14.4 Å². The van der Waals surface area contributed by atoms with Crippen LogP contribution in [0.2, 0.25) is 0 Å². The van der Waals surface area contributed by atoms with Gasteiger partial charge in [0.15, 0.2) is 5.82 Å². The van der Waals surface area contributed by atoms with E-state index in [0.29, 0.717) is 36.0 Å². The van der Waals surface area contributed by atoms with Crippen LogP contribution in [0.25, 0.3) is 10.9 Å². The van der Waals surface area contributed by atoms with Crippen molar-refractivity contribution in [1.82, 2.24) is 24.7 Å². The third-order valence-corrected chi connectivity index (χ3v) is 7.87. The Morgan fingerprint density at radius 1 is 1.25 bits per heavy atom. The summed E-state index contributed by atoms with van der Waals surface area (Å²) in [5.74, 6) is 2.63. The second-order valence-electron chi connectivity index (χ2n) is 10.8. The SMILES string of the molecule is CC[C@@H](C)n1nc(N2CC3(COC3)C2)c2cnc(Nc3ccnc(N4CC[C@@](C)(O)[C@@H](F)C4)n3)cc21. The number of pyridine rings is 1. The number of nitrogens with zero attached hydrogens (tertiary/aromatic N) is 7. The summed E-state index contributed by atoms with van der Waals surface area (Å²) in [4.78, 5) is 17.7. The molecule has 1 spiro atoms. The van der Waals surface area contributed by atoms with Crippen molar-refractivity contribution in [1.29, 1.82) is 0 Å². The zero-order valence-corrected chi connectivity index (χ0v) is 21.0. The molecule has 6 rings (SSSR count). The van der Waals surface area contributed by atoms with Crippen molar-refractivity contribution in [3.05, 3.63) is 24.5 Å². The number of rotatable bonds is 6. The van der Waals surface area contributed by atoms with Crippen LogP contribution in [0, 0.1) is 5.41 Å². The van der Waals surface area contributed by atoms with Crippen molar-refractivity contribution < 1.29 is 14.2 Å². The Bertz CT molecular complexity index is 1270. The van der Waals surface area contributed by atoms with Gasteiger partial charge in [0.1, 0.15) is 17.8 Å². The molecule has 3 aliphatic rings. The maximum atomic E-state index is 14.4. The van der Waals surface area contributed by atoms with Crippen LogP contribution in [0.3, 0.4) is 0 Å². The molecule has 0 bridgehead atoms. The van der Waals surface area contributed by atoms with Gasteiger partial charge < -0.3 is 25.0 Å². The summed E-state index contributed by atoms with van der Waals surface area (Å²) >= 11 is 0. The van der Waals surface area contributed by atoms with Crippen LogP contribution in [0.15, 0.2) is 24.5 Å². The average molecular weight is 497 g/mol. The van der Waals surface area contributed by atoms with E-state index in [1.807, 2.05) is 12.3 Å². The van der Waals surface area contributed by atoms with E-state index >= 15 is 0 Å². The fraction of sp³-hybridized carbons (Fsp3) is 0.600. The summed E-state index contributed by atoms with van der Waals surface area (Å²) in [7, 11) is 0. The molecule has 3 fully saturated rings. The molecule has 6 heterocycles. The monoisotopic (exact) mass is 496 g/mol. The third kappa shape index (κ3) is 3.94. The summed E-state index contributed by atoms with van der Waals surface area (Å²) in [5.41, 5.74) is 0.0135. The number of nitrogens with one attached hydrogen (secondary N) is 1. The van der Waals surface area contributed by atoms with Crippen molar-refractivity contribution in [3.8, 4) is 0 Å². The van der Waals surface area contributed by atoms with E-state index in [4.69, 9.17) is 9.84 Å². The smallest absolute Gasteiger partial charge is 0.227 e. The molecular formula is C25H33FN8O2. The lowest BCUT2D eigenvalue weighted by molar-refractivity contribution is -0.127. The van der Waals surface area contributed by atoms with Gasteiger partial charge in [-0.1, -0.05) is 6.92 Å². The molecule has 3 saturated heterocycles. The van der Waals surface area contributed by atoms with Crippen molar-refractivity contribution in [3.63, 3.8) is 0 Å². The van der Waals surface area contributed by atoms with E-state index in [2.05, 4.69) is 43.7 Å². The van der Waals surface area contributed by atoms with Crippen molar-refractivity contribution >= 4 is 34.3 Å². The second-order valence-corrected chi connectivity index (χ2v) is 10.8. The quantitative estimate of drug-likeness (QED) is 0.533. The lowest BCUT2D eigenvalue weighted by atomic mass is 9.78. The van der Waals surface area contributed by atoms with Gasteiger partial charge in [-0.05, 0) is 32.8 Å². The highest BCUT2D eigenvalue weighted by Crippen LogP contribution is 2.42. The van der Waals surface area contributed by atoms with Crippen molar-refractivity contribution in [2.75, 3.05) is 54.5 Å². The fourth-order valence-electron chi connectivity index (χ4n) is 5.20. The van der Waals surface area contributed by atoms with Crippen LogP contribution >= 0.6 is 0 Å². The highest BCUT2D eigenvalue weighted by atomic mass is 19.1. The van der Waals surface area contributed by atoms with E-state index < -0.39 is 11.8 Å². The Hall–Kier alpha value is -3.05. The zero-order valence-electron chi connectivity index (χ0n) is 21.0. The molecule has 0 unspecified atom stereocenters. The summed E-state index contributed by atoms with van der Waals surface area (Å²) in [5, 5.41) is 19.5. The normalized spacial score (nSPS) is 26.1. The summed E-state index contributed by atoms with van der Waals surface area (Å²) < 4.78 is 21.9. The fourth-order valence-corrected chi connectivity index (χ4v) is 5.20. The number of hydrogen-bond donors (Lipinski definition) is 2. The maximum absolute atomic E-state index is 14.4. The minimum Gasteiger partial charge on any atom is -0.387 e. The molecule has 0 radical (unpaired) electrons. The molecule has 3 aromatic heterocycles. The molecule has 3 aliphatic heterocycles. The maximum Gasteiger partial charge on any atom is 0.227 e. The molecule has 0 aliphatic carbocycles. The second kappa shape index (κ2) is 8.52. The number of hydrogen-bond acceptors (Lipinski definition) is 9. The number of aromatic nitrogens is 5. The Morgan fingerprint density at radius 2 is 2.06 bits per heavy atom. The highest BCUT2D eigenvalue weighted by molar-refractivity contribution is 5.92. The van der Waals surface area contributed by atoms with Gasteiger partial charge in [-0.3, -0.25) is 4.68 Å². The molecule has 0 saturated carbocycles. The van der Waals surface area contributed by atoms with E-state index in [1.54, 1.807) is 17.2 Å². The Morgan fingerprint density at radius 3 is 2.75 bits per heavy atom. The molecule has 192 valence electrons. The van der Waals surface area contributed by atoms with E-state index in [0.717, 1.165) is 49.4 Å². The minimum atomic E-state index is -1.36. The highest BCUT2D eigenvalue weighted by Gasteiger charge is 2.50. The first kappa shape index (κ1) is 23.4. The van der Waals surface area contributed by atoms with Gasteiger partial charge >= 0.3 is 0 Å². The van der Waals surface area contributed by atoms with Crippen molar-refractivity contribution in [2.24, 2.45) is 5.41 Å².